The second-order valence-corrected chi connectivity index (χ2v) is 11.7. The molecule has 6 rings (SSSR count). The Balaban J connectivity index is 1.60. The third kappa shape index (κ3) is 3.81. The van der Waals surface area contributed by atoms with Crippen LogP contribution in [-0.2, 0) is 28.6 Å². The van der Waals surface area contributed by atoms with Crippen LogP contribution in [0.15, 0.2) is 53.6 Å². The fourth-order valence-electron chi connectivity index (χ4n) is 6.54. The molecule has 9 nitrogen and oxygen atoms in total. The summed E-state index contributed by atoms with van der Waals surface area (Å²) in [6.07, 6.45) is 4.13. The third-order valence-electron chi connectivity index (χ3n) is 8.13. The van der Waals surface area contributed by atoms with Crippen LogP contribution in [0.2, 0.25) is 0 Å². The fourth-order valence-corrected chi connectivity index (χ4v) is 6.54. The number of ether oxygens (including phenoxy) is 4. The highest BCUT2D eigenvalue weighted by Gasteiger charge is 2.76. The number of rotatable bonds is 3. The van der Waals surface area contributed by atoms with E-state index in [1.54, 1.807) is 63.4 Å². The predicted octanol–water partition coefficient (Wildman–Crippen LogP) is 4.25. The molecule has 1 unspecified atom stereocenters. The molecule has 2 spiro atoms. The number of hydrogen-bond donors (Lipinski definition) is 0. The molecule has 3 fully saturated rings. The molecule has 1 aliphatic carbocycles. The Labute approximate surface area is 227 Å². The molecular weight excluding hydrogens is 500 g/mol. The van der Waals surface area contributed by atoms with Gasteiger partial charge in [-0.2, -0.15) is 5.10 Å². The molecule has 9 heteroatoms. The van der Waals surface area contributed by atoms with Gasteiger partial charge in [0.05, 0.1) is 13.3 Å². The lowest BCUT2D eigenvalue weighted by molar-refractivity contribution is -0.263. The maximum absolute atomic E-state index is 14.4. The topological polar surface area (TPSA) is 104 Å². The molecule has 0 amide bonds. The first kappa shape index (κ1) is 25.4. The third-order valence-corrected chi connectivity index (χ3v) is 8.13. The van der Waals surface area contributed by atoms with Crippen LogP contribution in [0.5, 0.6) is 5.75 Å². The van der Waals surface area contributed by atoms with Crippen LogP contribution in [0, 0.1) is 5.41 Å². The Morgan fingerprint density at radius 2 is 1.64 bits per heavy atom. The van der Waals surface area contributed by atoms with Gasteiger partial charge in [-0.1, -0.05) is 36.4 Å². The van der Waals surface area contributed by atoms with Gasteiger partial charge in [0.2, 0.25) is 5.41 Å². The van der Waals surface area contributed by atoms with E-state index in [0.29, 0.717) is 29.7 Å². The summed E-state index contributed by atoms with van der Waals surface area (Å²) in [5.41, 5.74) is -0.708. The van der Waals surface area contributed by atoms with Crippen molar-refractivity contribution in [1.29, 1.82) is 0 Å². The Morgan fingerprint density at radius 3 is 2.26 bits per heavy atom. The number of methoxy groups -OCH3 is 1. The minimum atomic E-state index is -1.90. The van der Waals surface area contributed by atoms with Crippen molar-refractivity contribution in [2.45, 2.75) is 75.8 Å². The van der Waals surface area contributed by atoms with Gasteiger partial charge >= 0.3 is 17.9 Å². The Hall–Kier alpha value is -3.88. The van der Waals surface area contributed by atoms with Crippen LogP contribution in [0.3, 0.4) is 0 Å². The summed E-state index contributed by atoms with van der Waals surface area (Å²) in [5, 5.41) is 6.19. The number of carbonyl (C=O) groups excluding carboxylic acids is 3. The van der Waals surface area contributed by atoms with E-state index in [0.717, 1.165) is 18.4 Å². The van der Waals surface area contributed by atoms with Gasteiger partial charge < -0.3 is 18.9 Å². The van der Waals surface area contributed by atoms with Crippen molar-refractivity contribution >= 4 is 24.1 Å². The lowest BCUT2D eigenvalue weighted by Gasteiger charge is -2.45. The monoisotopic (exact) mass is 532 g/mol. The second-order valence-electron chi connectivity index (χ2n) is 11.7. The molecule has 2 aromatic rings. The van der Waals surface area contributed by atoms with Crippen LogP contribution in [0.1, 0.15) is 75.1 Å². The quantitative estimate of drug-likeness (QED) is 0.427. The predicted molar refractivity (Wildman–Crippen MR) is 140 cm³/mol. The summed E-state index contributed by atoms with van der Waals surface area (Å²) in [6.45, 7) is 5.33. The largest absolute Gasteiger partial charge is 0.497 e. The summed E-state index contributed by atoms with van der Waals surface area (Å²) in [7, 11) is 1.55. The first-order valence-electron chi connectivity index (χ1n) is 13.3. The highest BCUT2D eigenvalue weighted by Crippen LogP contribution is 2.63. The Bertz CT molecular complexity index is 1330. The van der Waals surface area contributed by atoms with Crippen LogP contribution < -0.4 is 4.74 Å². The average molecular weight is 533 g/mol. The zero-order valence-electron chi connectivity index (χ0n) is 22.5. The van der Waals surface area contributed by atoms with Crippen LogP contribution >= 0.6 is 0 Å². The van der Waals surface area contributed by atoms with Gasteiger partial charge in [-0.3, -0.25) is 14.6 Å². The summed E-state index contributed by atoms with van der Waals surface area (Å²) < 4.78 is 23.4. The van der Waals surface area contributed by atoms with Gasteiger partial charge in [0.15, 0.2) is 6.04 Å². The Kier molecular flexibility index (Phi) is 5.75. The minimum absolute atomic E-state index is 0.451. The number of nitrogens with zero attached hydrogens (tertiary/aromatic N) is 2. The van der Waals surface area contributed by atoms with E-state index in [4.69, 9.17) is 18.9 Å². The van der Waals surface area contributed by atoms with E-state index in [1.807, 2.05) is 24.3 Å². The highest BCUT2D eigenvalue weighted by molar-refractivity contribution is 6.06. The molecule has 3 atom stereocenters. The number of benzene rings is 2. The van der Waals surface area contributed by atoms with Gasteiger partial charge in [0, 0.05) is 18.8 Å². The van der Waals surface area contributed by atoms with E-state index < -0.39 is 52.7 Å². The molecule has 4 aliphatic rings. The van der Waals surface area contributed by atoms with E-state index in [-0.39, 0.29) is 0 Å². The minimum Gasteiger partial charge on any atom is -0.497 e. The molecule has 39 heavy (non-hydrogen) atoms. The van der Waals surface area contributed by atoms with Gasteiger partial charge in [0.25, 0.3) is 5.79 Å². The summed E-state index contributed by atoms with van der Waals surface area (Å²) >= 11 is 0. The van der Waals surface area contributed by atoms with Gasteiger partial charge in [-0.05, 0) is 62.4 Å². The molecule has 3 aliphatic heterocycles. The summed E-state index contributed by atoms with van der Waals surface area (Å²) in [5.74, 6) is -3.67. The molecular formula is C30H32N2O7. The number of hydrazone groups is 1. The first-order chi connectivity index (χ1) is 18.6. The van der Waals surface area contributed by atoms with Crippen molar-refractivity contribution in [3.05, 3.63) is 65.2 Å². The highest BCUT2D eigenvalue weighted by atomic mass is 16.7. The second kappa shape index (κ2) is 8.83. The van der Waals surface area contributed by atoms with Gasteiger partial charge in [-0.25, -0.2) is 4.79 Å². The molecule has 0 radical (unpaired) electrons. The standard InChI is InChI=1S/C30H32N2O7/c1-28(2,3)37-25(33)23-22(18-11-13-20(36-4)14-12-18)30(24-21-10-6-5-9-19(21)17-31-32(23)24)26(34)38-29(39-27(30)35)15-7-8-16-29/h5-6,9-14,17,22-24H,7-8,15-16H2,1-4H3/t22-,23+,24?/m1/s1. The first-order valence-corrected chi connectivity index (χ1v) is 13.3. The molecule has 2 aromatic carbocycles. The van der Waals surface area contributed by atoms with Crippen LogP contribution in [0.25, 0.3) is 0 Å². The normalized spacial score (nSPS) is 26.2. The Morgan fingerprint density at radius 1 is 1.00 bits per heavy atom. The van der Waals surface area contributed by atoms with Crippen LogP contribution in [0.4, 0.5) is 0 Å². The average Bonchev–Trinajstić information content (AvgIpc) is 3.47. The van der Waals surface area contributed by atoms with E-state index in [2.05, 4.69) is 5.10 Å². The smallest absolute Gasteiger partial charge is 0.331 e. The number of esters is 3. The fraction of sp³-hybridized carbons (Fsp3) is 0.467. The van der Waals surface area contributed by atoms with E-state index in [9.17, 15) is 14.4 Å². The lowest BCUT2D eigenvalue weighted by Crippen LogP contribution is -2.59. The molecule has 1 saturated carbocycles. The number of hydrogen-bond acceptors (Lipinski definition) is 9. The molecule has 0 aromatic heterocycles. The van der Waals surface area contributed by atoms with Crippen molar-refractivity contribution in [3.63, 3.8) is 0 Å². The zero-order chi connectivity index (χ0) is 27.6. The van der Waals surface area contributed by atoms with Crippen molar-refractivity contribution in [2.75, 3.05) is 7.11 Å². The number of fused-ring (bicyclic) bond motifs is 4. The summed E-state index contributed by atoms with van der Waals surface area (Å²) in [6, 6.07) is 12.4. The molecule has 0 N–H and O–H groups in total. The van der Waals surface area contributed by atoms with Crippen molar-refractivity contribution < 1.29 is 33.3 Å². The lowest BCUT2D eigenvalue weighted by atomic mass is 9.65. The van der Waals surface area contributed by atoms with Gasteiger partial charge in [0.1, 0.15) is 17.4 Å². The van der Waals surface area contributed by atoms with Crippen LogP contribution in [-0.4, -0.2) is 53.7 Å². The van der Waals surface area contributed by atoms with Crippen molar-refractivity contribution in [2.24, 2.45) is 10.5 Å². The molecule has 3 heterocycles. The number of carbonyl (C=O) groups is 3. The van der Waals surface area contributed by atoms with Gasteiger partial charge in [-0.15, -0.1) is 0 Å². The van der Waals surface area contributed by atoms with Crippen molar-refractivity contribution in [1.82, 2.24) is 5.01 Å². The molecule has 0 bridgehead atoms. The zero-order valence-corrected chi connectivity index (χ0v) is 22.5. The van der Waals surface area contributed by atoms with Crippen molar-refractivity contribution in [3.8, 4) is 5.75 Å². The van der Waals surface area contributed by atoms with E-state index in [1.165, 1.54) is 0 Å². The maximum Gasteiger partial charge on any atom is 0.331 e. The SMILES string of the molecule is COc1ccc([C@@H]2[C@@H](C(=O)OC(C)(C)C)N3N=Cc4ccccc4C3C23C(=O)OC2(CCCC2)OC3=O)cc1. The van der Waals surface area contributed by atoms with E-state index >= 15 is 0 Å². The molecule has 204 valence electrons. The molecule has 2 saturated heterocycles. The maximum atomic E-state index is 14.4. The summed E-state index contributed by atoms with van der Waals surface area (Å²) in [4.78, 5) is 42.8.